The van der Waals surface area contributed by atoms with Gasteiger partial charge in [0.25, 0.3) is 0 Å². The van der Waals surface area contributed by atoms with Gasteiger partial charge in [0, 0.05) is 38.2 Å². The van der Waals surface area contributed by atoms with Gasteiger partial charge in [-0.15, -0.1) is 12.4 Å². The summed E-state index contributed by atoms with van der Waals surface area (Å²) in [6, 6.07) is 2.06. The predicted octanol–water partition coefficient (Wildman–Crippen LogP) is 2.51. The summed E-state index contributed by atoms with van der Waals surface area (Å²) < 4.78 is 16.9. The third-order valence-electron chi connectivity index (χ3n) is 3.61. The number of halogens is 2. The largest absolute Gasteiger partial charge is 0.366 e. The molecule has 0 unspecified atom stereocenters. The Hall–Kier alpha value is -1.56. The fourth-order valence-corrected chi connectivity index (χ4v) is 2.29. The van der Waals surface area contributed by atoms with Crippen LogP contribution in [-0.2, 0) is 20.6 Å². The smallest absolute Gasteiger partial charge is 0.216 e. The SMILES string of the molecule is Cc1nn(C)c(F)c1CNc1cc(C2CC2)nn1C.Cl. The van der Waals surface area contributed by atoms with Crippen molar-refractivity contribution in [1.82, 2.24) is 19.6 Å². The fraction of sp³-hybridized carbons (Fsp3) is 0.538. The Morgan fingerprint density at radius 2 is 2.00 bits per heavy atom. The lowest BCUT2D eigenvalue weighted by molar-refractivity contribution is 0.496. The Morgan fingerprint density at radius 1 is 1.30 bits per heavy atom. The molecule has 7 heteroatoms. The Balaban J connectivity index is 0.00000147. The van der Waals surface area contributed by atoms with Crippen LogP contribution in [-0.4, -0.2) is 19.6 Å². The zero-order valence-electron chi connectivity index (χ0n) is 11.9. The second-order valence-corrected chi connectivity index (χ2v) is 5.18. The zero-order valence-corrected chi connectivity index (χ0v) is 12.7. The molecule has 1 aliphatic rings. The zero-order chi connectivity index (χ0) is 13.6. The molecule has 0 spiro atoms. The summed E-state index contributed by atoms with van der Waals surface area (Å²) in [5.74, 6) is 1.26. The molecule has 0 amide bonds. The van der Waals surface area contributed by atoms with Gasteiger partial charge in [0.05, 0.1) is 11.4 Å². The first kappa shape index (κ1) is 14.8. The van der Waals surface area contributed by atoms with Crippen LogP contribution in [0.1, 0.15) is 35.7 Å². The van der Waals surface area contributed by atoms with E-state index in [0.717, 1.165) is 17.2 Å². The molecule has 0 saturated heterocycles. The van der Waals surface area contributed by atoms with E-state index < -0.39 is 0 Å². The van der Waals surface area contributed by atoms with Crippen molar-refractivity contribution in [3.63, 3.8) is 0 Å². The molecular formula is C13H19ClFN5. The van der Waals surface area contributed by atoms with Crippen LogP contribution in [0.2, 0.25) is 0 Å². The molecule has 2 aromatic heterocycles. The number of nitrogens with one attached hydrogen (secondary N) is 1. The molecule has 2 heterocycles. The van der Waals surface area contributed by atoms with E-state index in [-0.39, 0.29) is 18.4 Å². The van der Waals surface area contributed by atoms with Crippen molar-refractivity contribution in [3.8, 4) is 0 Å². The number of hydrogen-bond donors (Lipinski definition) is 1. The van der Waals surface area contributed by atoms with Crippen molar-refractivity contribution in [1.29, 1.82) is 0 Å². The van der Waals surface area contributed by atoms with Gasteiger partial charge in [0.1, 0.15) is 5.82 Å². The highest BCUT2D eigenvalue weighted by molar-refractivity contribution is 5.85. The Kier molecular flexibility index (Phi) is 4.04. The topological polar surface area (TPSA) is 47.7 Å². The monoisotopic (exact) mass is 299 g/mol. The second kappa shape index (κ2) is 5.44. The molecule has 1 fully saturated rings. The van der Waals surface area contributed by atoms with Crippen molar-refractivity contribution in [2.75, 3.05) is 5.32 Å². The second-order valence-electron chi connectivity index (χ2n) is 5.18. The molecule has 3 rings (SSSR count). The highest BCUT2D eigenvalue weighted by Crippen LogP contribution is 2.39. The van der Waals surface area contributed by atoms with Crippen LogP contribution in [0.4, 0.5) is 10.2 Å². The highest BCUT2D eigenvalue weighted by Gasteiger charge is 2.26. The van der Waals surface area contributed by atoms with E-state index in [0.29, 0.717) is 18.0 Å². The molecule has 1 aliphatic carbocycles. The molecule has 5 nitrogen and oxygen atoms in total. The Morgan fingerprint density at radius 3 is 2.55 bits per heavy atom. The molecule has 0 atom stereocenters. The highest BCUT2D eigenvalue weighted by atomic mass is 35.5. The van der Waals surface area contributed by atoms with Crippen LogP contribution in [0.5, 0.6) is 0 Å². The van der Waals surface area contributed by atoms with Gasteiger partial charge in [0.15, 0.2) is 0 Å². The number of anilines is 1. The lowest BCUT2D eigenvalue weighted by atomic mass is 10.2. The summed E-state index contributed by atoms with van der Waals surface area (Å²) >= 11 is 0. The van der Waals surface area contributed by atoms with Crippen molar-refractivity contribution >= 4 is 18.2 Å². The maximum atomic E-state index is 13.8. The molecule has 0 aliphatic heterocycles. The number of aryl methyl sites for hydroxylation is 3. The minimum atomic E-state index is -0.283. The van der Waals surface area contributed by atoms with Crippen molar-refractivity contribution in [3.05, 3.63) is 29.0 Å². The molecule has 0 radical (unpaired) electrons. The van der Waals surface area contributed by atoms with Crippen molar-refractivity contribution < 1.29 is 4.39 Å². The summed E-state index contributed by atoms with van der Waals surface area (Å²) in [5, 5.41) is 11.8. The van der Waals surface area contributed by atoms with E-state index in [4.69, 9.17) is 0 Å². The predicted molar refractivity (Wildman–Crippen MR) is 77.7 cm³/mol. The van der Waals surface area contributed by atoms with Gasteiger partial charge < -0.3 is 5.32 Å². The van der Waals surface area contributed by atoms with Gasteiger partial charge in [-0.1, -0.05) is 0 Å². The van der Waals surface area contributed by atoms with E-state index in [1.165, 1.54) is 17.5 Å². The van der Waals surface area contributed by atoms with Crippen molar-refractivity contribution in [2.24, 2.45) is 14.1 Å². The normalized spacial score (nSPS) is 14.2. The first-order valence-electron chi connectivity index (χ1n) is 6.52. The minimum absolute atomic E-state index is 0. The van der Waals surface area contributed by atoms with Crippen LogP contribution in [0.3, 0.4) is 0 Å². The maximum absolute atomic E-state index is 13.8. The molecule has 110 valence electrons. The van der Waals surface area contributed by atoms with E-state index in [1.54, 1.807) is 7.05 Å². The van der Waals surface area contributed by atoms with Crippen LogP contribution >= 0.6 is 12.4 Å². The summed E-state index contributed by atoms with van der Waals surface area (Å²) in [6.07, 6.45) is 2.46. The number of rotatable bonds is 4. The summed E-state index contributed by atoms with van der Waals surface area (Å²) in [5.41, 5.74) is 2.46. The van der Waals surface area contributed by atoms with Crippen LogP contribution in [0.25, 0.3) is 0 Å². The van der Waals surface area contributed by atoms with E-state index in [9.17, 15) is 4.39 Å². The third kappa shape index (κ3) is 2.65. The fourth-order valence-electron chi connectivity index (χ4n) is 2.29. The minimum Gasteiger partial charge on any atom is -0.366 e. The molecule has 0 bridgehead atoms. The quantitative estimate of drug-likeness (QED) is 0.943. The average molecular weight is 300 g/mol. The number of nitrogens with zero attached hydrogens (tertiary/aromatic N) is 4. The molecular weight excluding hydrogens is 281 g/mol. The van der Waals surface area contributed by atoms with E-state index >= 15 is 0 Å². The molecule has 1 N–H and O–H groups in total. The van der Waals surface area contributed by atoms with Gasteiger partial charge in [-0.05, 0) is 19.8 Å². The third-order valence-corrected chi connectivity index (χ3v) is 3.61. The number of hydrogen-bond acceptors (Lipinski definition) is 3. The lowest BCUT2D eigenvalue weighted by Crippen LogP contribution is -2.06. The van der Waals surface area contributed by atoms with Crippen LogP contribution in [0.15, 0.2) is 6.07 Å². The first-order valence-corrected chi connectivity index (χ1v) is 6.52. The van der Waals surface area contributed by atoms with Gasteiger partial charge in [-0.25, -0.2) is 4.68 Å². The first-order chi connectivity index (χ1) is 9.06. The summed E-state index contributed by atoms with van der Waals surface area (Å²) in [6.45, 7) is 2.24. The summed E-state index contributed by atoms with van der Waals surface area (Å²) in [4.78, 5) is 0. The van der Waals surface area contributed by atoms with Gasteiger partial charge in [-0.2, -0.15) is 14.6 Å². The van der Waals surface area contributed by atoms with Gasteiger partial charge >= 0.3 is 0 Å². The van der Waals surface area contributed by atoms with Crippen molar-refractivity contribution in [2.45, 2.75) is 32.2 Å². The molecule has 1 saturated carbocycles. The van der Waals surface area contributed by atoms with E-state index in [1.807, 2.05) is 18.7 Å². The Bertz CT molecular complexity index is 615. The number of aromatic nitrogens is 4. The standard InChI is InChI=1S/C13H18FN5.ClH/c1-8-10(13(14)19(3)16-8)7-15-12-6-11(9-4-5-9)17-18(12)2;/h6,9,15H,4-5,7H2,1-3H3;1H. The Labute approximate surface area is 123 Å². The molecule has 20 heavy (non-hydrogen) atoms. The van der Waals surface area contributed by atoms with Gasteiger partial charge in [-0.3, -0.25) is 4.68 Å². The van der Waals surface area contributed by atoms with Gasteiger partial charge in [0.2, 0.25) is 5.95 Å². The van der Waals surface area contributed by atoms with Crippen LogP contribution in [0, 0.1) is 12.9 Å². The average Bonchev–Trinajstić information content (AvgIpc) is 3.10. The van der Waals surface area contributed by atoms with Crippen LogP contribution < -0.4 is 5.32 Å². The maximum Gasteiger partial charge on any atom is 0.216 e. The molecule has 0 aromatic carbocycles. The summed E-state index contributed by atoms with van der Waals surface area (Å²) in [7, 11) is 3.52. The molecule has 2 aromatic rings. The van der Waals surface area contributed by atoms with E-state index in [2.05, 4.69) is 21.6 Å². The lowest BCUT2D eigenvalue weighted by Gasteiger charge is -2.05.